The first-order valence-corrected chi connectivity index (χ1v) is 7.61. The van der Waals surface area contributed by atoms with Crippen LogP contribution in [0.5, 0.6) is 0 Å². The number of hydrogen-bond acceptors (Lipinski definition) is 4. The number of carbonyl (C=O) groups excluding carboxylic acids is 2. The summed E-state index contributed by atoms with van der Waals surface area (Å²) in [5, 5.41) is 0. The van der Waals surface area contributed by atoms with Gasteiger partial charge in [0.2, 0.25) is 0 Å². The standard InChI is InChI=1S/C18H24O4/c1-6-12(4)21-17(19)15-9-10-16(14(8-3)11-15)18(20)22-13(5)7-2/h8-13H,3,6-7H2,1-2,4-5H3. The van der Waals surface area contributed by atoms with Crippen molar-refractivity contribution in [2.24, 2.45) is 0 Å². The molecule has 0 aromatic heterocycles. The number of esters is 2. The van der Waals surface area contributed by atoms with E-state index < -0.39 is 11.9 Å². The quantitative estimate of drug-likeness (QED) is 0.707. The van der Waals surface area contributed by atoms with Gasteiger partial charge in [-0.25, -0.2) is 9.59 Å². The van der Waals surface area contributed by atoms with Crippen LogP contribution < -0.4 is 0 Å². The van der Waals surface area contributed by atoms with Crippen LogP contribution in [0, 0.1) is 0 Å². The zero-order valence-electron chi connectivity index (χ0n) is 13.7. The van der Waals surface area contributed by atoms with Crippen LogP contribution in [0.1, 0.15) is 66.8 Å². The molecule has 120 valence electrons. The Hall–Kier alpha value is -2.10. The molecule has 4 nitrogen and oxygen atoms in total. The summed E-state index contributed by atoms with van der Waals surface area (Å²) >= 11 is 0. The summed E-state index contributed by atoms with van der Waals surface area (Å²) in [7, 11) is 0. The van der Waals surface area contributed by atoms with Crippen LogP contribution in [0.4, 0.5) is 0 Å². The maximum absolute atomic E-state index is 12.1. The van der Waals surface area contributed by atoms with Gasteiger partial charge in [-0.3, -0.25) is 0 Å². The third-order valence-corrected chi connectivity index (χ3v) is 3.49. The summed E-state index contributed by atoms with van der Waals surface area (Å²) in [4.78, 5) is 24.1. The molecule has 1 aromatic carbocycles. The normalized spacial score (nSPS) is 13.1. The number of rotatable bonds is 7. The van der Waals surface area contributed by atoms with Crippen LogP contribution >= 0.6 is 0 Å². The van der Waals surface area contributed by atoms with Gasteiger partial charge in [0, 0.05) is 0 Å². The van der Waals surface area contributed by atoms with E-state index in [-0.39, 0.29) is 12.2 Å². The van der Waals surface area contributed by atoms with E-state index in [9.17, 15) is 9.59 Å². The van der Waals surface area contributed by atoms with Gasteiger partial charge in [-0.1, -0.05) is 26.5 Å². The van der Waals surface area contributed by atoms with Gasteiger partial charge in [-0.2, -0.15) is 0 Å². The minimum Gasteiger partial charge on any atom is -0.459 e. The highest BCUT2D eigenvalue weighted by molar-refractivity contribution is 5.97. The molecule has 0 amide bonds. The van der Waals surface area contributed by atoms with E-state index in [0.29, 0.717) is 16.7 Å². The fourth-order valence-corrected chi connectivity index (χ4v) is 1.71. The lowest BCUT2D eigenvalue weighted by atomic mass is 10.0. The molecular formula is C18H24O4. The molecule has 0 heterocycles. The highest BCUT2D eigenvalue weighted by Gasteiger charge is 2.17. The van der Waals surface area contributed by atoms with Gasteiger partial charge in [-0.15, -0.1) is 0 Å². The van der Waals surface area contributed by atoms with Crippen molar-refractivity contribution in [3.05, 3.63) is 41.5 Å². The molecular weight excluding hydrogens is 280 g/mol. The van der Waals surface area contributed by atoms with Crippen molar-refractivity contribution < 1.29 is 19.1 Å². The van der Waals surface area contributed by atoms with Gasteiger partial charge >= 0.3 is 11.9 Å². The second kappa shape index (κ2) is 8.37. The Labute approximate surface area is 132 Å². The van der Waals surface area contributed by atoms with Crippen LogP contribution in [0.3, 0.4) is 0 Å². The van der Waals surface area contributed by atoms with E-state index >= 15 is 0 Å². The molecule has 0 aliphatic carbocycles. The molecule has 1 aromatic rings. The molecule has 0 fully saturated rings. The smallest absolute Gasteiger partial charge is 0.338 e. The van der Waals surface area contributed by atoms with Crippen LogP contribution in [-0.2, 0) is 9.47 Å². The molecule has 0 bridgehead atoms. The largest absolute Gasteiger partial charge is 0.459 e. The Bertz CT molecular complexity index is 548. The van der Waals surface area contributed by atoms with Gasteiger partial charge < -0.3 is 9.47 Å². The average Bonchev–Trinajstić information content (AvgIpc) is 2.53. The number of carbonyl (C=O) groups is 2. The lowest BCUT2D eigenvalue weighted by Gasteiger charge is -2.14. The minimum absolute atomic E-state index is 0.144. The second-order valence-corrected chi connectivity index (χ2v) is 5.25. The molecule has 0 saturated carbocycles. The van der Waals surface area contributed by atoms with Crippen LogP contribution in [-0.4, -0.2) is 24.1 Å². The Morgan fingerprint density at radius 2 is 1.64 bits per heavy atom. The molecule has 0 aliphatic rings. The molecule has 0 saturated heterocycles. The molecule has 1 rings (SSSR count). The first-order valence-electron chi connectivity index (χ1n) is 7.61. The maximum atomic E-state index is 12.1. The Morgan fingerprint density at radius 3 is 2.14 bits per heavy atom. The zero-order valence-corrected chi connectivity index (χ0v) is 13.7. The van der Waals surface area contributed by atoms with Crippen molar-refractivity contribution in [1.29, 1.82) is 0 Å². The predicted molar refractivity (Wildman–Crippen MR) is 86.9 cm³/mol. The highest BCUT2D eigenvalue weighted by atomic mass is 16.5. The Morgan fingerprint density at radius 1 is 1.09 bits per heavy atom. The van der Waals surface area contributed by atoms with Crippen molar-refractivity contribution >= 4 is 18.0 Å². The minimum atomic E-state index is -0.411. The topological polar surface area (TPSA) is 52.6 Å². The van der Waals surface area contributed by atoms with Crippen molar-refractivity contribution in [1.82, 2.24) is 0 Å². The fourth-order valence-electron chi connectivity index (χ4n) is 1.71. The van der Waals surface area contributed by atoms with E-state index in [1.165, 1.54) is 6.08 Å². The molecule has 2 atom stereocenters. The summed E-state index contributed by atoms with van der Waals surface area (Å²) in [5.41, 5.74) is 1.36. The van der Waals surface area contributed by atoms with E-state index in [1.54, 1.807) is 18.2 Å². The molecule has 0 aliphatic heterocycles. The van der Waals surface area contributed by atoms with Gasteiger partial charge in [-0.05, 0) is 50.5 Å². The molecule has 22 heavy (non-hydrogen) atoms. The summed E-state index contributed by atoms with van der Waals surface area (Å²) in [5.74, 6) is -0.814. The average molecular weight is 304 g/mol. The summed E-state index contributed by atoms with van der Waals surface area (Å²) in [6.07, 6.45) is 2.73. The van der Waals surface area contributed by atoms with Crippen molar-refractivity contribution in [3.63, 3.8) is 0 Å². The van der Waals surface area contributed by atoms with E-state index in [0.717, 1.165) is 12.8 Å². The van der Waals surface area contributed by atoms with Gasteiger partial charge in [0.05, 0.1) is 23.3 Å². The molecule has 4 heteroatoms. The van der Waals surface area contributed by atoms with Crippen molar-refractivity contribution in [3.8, 4) is 0 Å². The van der Waals surface area contributed by atoms with Gasteiger partial charge in [0.15, 0.2) is 0 Å². The predicted octanol–water partition coefficient (Wildman–Crippen LogP) is 4.24. The monoisotopic (exact) mass is 304 g/mol. The van der Waals surface area contributed by atoms with Crippen molar-refractivity contribution in [2.45, 2.75) is 52.7 Å². The number of hydrogen-bond donors (Lipinski definition) is 0. The van der Waals surface area contributed by atoms with Crippen LogP contribution in [0.25, 0.3) is 6.08 Å². The Balaban J connectivity index is 2.98. The SMILES string of the molecule is C=Cc1cc(C(=O)OC(C)CC)ccc1C(=O)OC(C)CC. The number of benzene rings is 1. The molecule has 0 spiro atoms. The molecule has 0 radical (unpaired) electrons. The second-order valence-electron chi connectivity index (χ2n) is 5.25. The van der Waals surface area contributed by atoms with Gasteiger partial charge in [0.25, 0.3) is 0 Å². The summed E-state index contributed by atoms with van der Waals surface area (Å²) in [6.45, 7) is 11.3. The van der Waals surface area contributed by atoms with Crippen molar-refractivity contribution in [2.75, 3.05) is 0 Å². The van der Waals surface area contributed by atoms with E-state index in [2.05, 4.69) is 6.58 Å². The fraction of sp³-hybridized carbons (Fsp3) is 0.444. The van der Waals surface area contributed by atoms with E-state index in [1.807, 2.05) is 27.7 Å². The lowest BCUT2D eigenvalue weighted by Crippen LogP contribution is -2.17. The van der Waals surface area contributed by atoms with Crippen LogP contribution in [0.2, 0.25) is 0 Å². The highest BCUT2D eigenvalue weighted by Crippen LogP contribution is 2.17. The van der Waals surface area contributed by atoms with E-state index in [4.69, 9.17) is 9.47 Å². The molecule has 0 N–H and O–H groups in total. The number of ether oxygens (including phenoxy) is 2. The third-order valence-electron chi connectivity index (χ3n) is 3.49. The lowest BCUT2D eigenvalue weighted by molar-refractivity contribution is 0.0319. The summed E-state index contributed by atoms with van der Waals surface area (Å²) in [6, 6.07) is 4.75. The Kier molecular flexibility index (Phi) is 6.83. The van der Waals surface area contributed by atoms with Gasteiger partial charge in [0.1, 0.15) is 0 Å². The zero-order chi connectivity index (χ0) is 16.7. The van der Waals surface area contributed by atoms with Crippen LogP contribution in [0.15, 0.2) is 24.8 Å². The molecule has 2 unspecified atom stereocenters. The first-order chi connectivity index (χ1) is 10.4. The third kappa shape index (κ3) is 4.72. The maximum Gasteiger partial charge on any atom is 0.338 e. The summed E-state index contributed by atoms with van der Waals surface area (Å²) < 4.78 is 10.6. The first kappa shape index (κ1) is 18.0.